The van der Waals surface area contributed by atoms with Gasteiger partial charge in [-0.25, -0.2) is 0 Å². The number of hydrogen-bond acceptors (Lipinski definition) is 5. The number of H-pyrrole nitrogens is 1. The van der Waals surface area contributed by atoms with Gasteiger partial charge in [-0.3, -0.25) is 14.2 Å². The fourth-order valence-corrected chi connectivity index (χ4v) is 4.53. The Morgan fingerprint density at radius 3 is 2.74 bits per heavy atom. The average Bonchev–Trinajstić information content (AvgIpc) is 3.25. The molecule has 1 aliphatic carbocycles. The maximum atomic E-state index is 13.1. The van der Waals surface area contributed by atoms with E-state index in [0.29, 0.717) is 39.3 Å². The van der Waals surface area contributed by atoms with Gasteiger partial charge in [-0.15, -0.1) is 0 Å². The zero-order valence-corrected chi connectivity index (χ0v) is 17.8. The fraction of sp³-hybridized carbons (Fsp3) is 0.348. The molecule has 0 bridgehead atoms. The minimum absolute atomic E-state index is 0.113. The Morgan fingerprint density at radius 1 is 1.10 bits per heavy atom. The number of carbonyl (C=O) groups excluding carboxylic acids is 1. The summed E-state index contributed by atoms with van der Waals surface area (Å²) >= 11 is 5.46. The molecule has 5 rings (SSSR count). The van der Waals surface area contributed by atoms with Crippen LogP contribution in [0.2, 0.25) is 0 Å². The maximum Gasteiger partial charge on any atom is 0.262 e. The molecule has 160 valence electrons. The van der Waals surface area contributed by atoms with Crippen LogP contribution in [0.4, 0.5) is 0 Å². The molecule has 2 heterocycles. The Hall–Kier alpha value is -3.13. The molecule has 2 aromatic carbocycles. The van der Waals surface area contributed by atoms with Crippen molar-refractivity contribution in [2.75, 3.05) is 6.79 Å². The topological polar surface area (TPSA) is 85.3 Å². The van der Waals surface area contributed by atoms with Gasteiger partial charge in [0.05, 0.1) is 17.4 Å². The molecule has 0 radical (unpaired) electrons. The summed E-state index contributed by atoms with van der Waals surface area (Å²) in [5.74, 6) is 1.24. The SMILES string of the molecule is O=C(NC1CCCCC1)c1ccc2c(=O)n(Cc3ccc4c(c3)OCO4)c(=S)[nH]c2c1. The monoisotopic (exact) mass is 437 g/mol. The van der Waals surface area contributed by atoms with E-state index >= 15 is 0 Å². The predicted octanol–water partition coefficient (Wildman–Crippen LogP) is 3.90. The predicted molar refractivity (Wildman–Crippen MR) is 119 cm³/mol. The highest BCUT2D eigenvalue weighted by Crippen LogP contribution is 2.32. The van der Waals surface area contributed by atoms with E-state index in [4.69, 9.17) is 21.7 Å². The van der Waals surface area contributed by atoms with Gasteiger partial charge in [-0.05, 0) is 61.0 Å². The second kappa shape index (κ2) is 8.19. The molecule has 0 atom stereocenters. The van der Waals surface area contributed by atoms with Crippen molar-refractivity contribution in [2.24, 2.45) is 0 Å². The van der Waals surface area contributed by atoms with Crippen molar-refractivity contribution >= 4 is 29.0 Å². The van der Waals surface area contributed by atoms with Crippen molar-refractivity contribution in [2.45, 2.75) is 44.7 Å². The highest BCUT2D eigenvalue weighted by atomic mass is 32.1. The van der Waals surface area contributed by atoms with E-state index in [9.17, 15) is 9.59 Å². The van der Waals surface area contributed by atoms with Gasteiger partial charge in [-0.1, -0.05) is 25.3 Å². The number of fused-ring (bicyclic) bond motifs is 2. The number of ether oxygens (including phenoxy) is 2. The fourth-order valence-electron chi connectivity index (χ4n) is 4.28. The van der Waals surface area contributed by atoms with E-state index in [1.54, 1.807) is 18.2 Å². The highest BCUT2D eigenvalue weighted by Gasteiger charge is 2.18. The van der Waals surface area contributed by atoms with Crippen LogP contribution >= 0.6 is 12.2 Å². The summed E-state index contributed by atoms with van der Waals surface area (Å²) in [5, 5.41) is 3.60. The van der Waals surface area contributed by atoms with Gasteiger partial charge >= 0.3 is 0 Å². The minimum atomic E-state index is -0.198. The molecule has 1 aromatic heterocycles. The van der Waals surface area contributed by atoms with Gasteiger partial charge < -0.3 is 19.8 Å². The Bertz CT molecular complexity index is 1270. The van der Waals surface area contributed by atoms with Crippen LogP contribution in [0.5, 0.6) is 11.5 Å². The smallest absolute Gasteiger partial charge is 0.262 e. The first-order valence-electron chi connectivity index (χ1n) is 10.5. The van der Waals surface area contributed by atoms with Gasteiger partial charge in [0.2, 0.25) is 6.79 Å². The lowest BCUT2D eigenvalue weighted by Gasteiger charge is -2.22. The lowest BCUT2D eigenvalue weighted by atomic mass is 9.95. The summed E-state index contributed by atoms with van der Waals surface area (Å²) < 4.78 is 12.6. The molecule has 2 aliphatic rings. The van der Waals surface area contributed by atoms with Crippen LogP contribution in [-0.2, 0) is 6.54 Å². The number of aromatic nitrogens is 2. The normalized spacial score (nSPS) is 15.9. The third kappa shape index (κ3) is 3.95. The number of amides is 1. The Kier molecular flexibility index (Phi) is 5.23. The van der Waals surface area contributed by atoms with Crippen molar-refractivity contribution in [3.05, 3.63) is 62.6 Å². The third-order valence-corrected chi connectivity index (χ3v) is 6.28. The van der Waals surface area contributed by atoms with Crippen LogP contribution in [0, 0.1) is 4.77 Å². The molecule has 8 heteroatoms. The summed E-state index contributed by atoms with van der Waals surface area (Å²) in [6.07, 6.45) is 5.58. The molecule has 1 fully saturated rings. The number of aromatic amines is 1. The zero-order valence-electron chi connectivity index (χ0n) is 17.0. The van der Waals surface area contributed by atoms with Crippen molar-refractivity contribution in [3.63, 3.8) is 0 Å². The van der Waals surface area contributed by atoms with Crippen molar-refractivity contribution in [1.29, 1.82) is 0 Å². The van der Waals surface area contributed by atoms with E-state index in [1.807, 2.05) is 18.2 Å². The molecule has 1 aliphatic heterocycles. The van der Waals surface area contributed by atoms with Crippen LogP contribution in [0.15, 0.2) is 41.2 Å². The standard InChI is InChI=1S/C23H23N3O4S/c27-21(24-16-4-2-1-3-5-16)15-7-8-17-18(11-15)25-23(31)26(22(17)28)12-14-6-9-19-20(10-14)30-13-29-19/h6-11,16H,1-5,12-13H2,(H,24,27)(H,25,31). The zero-order chi connectivity index (χ0) is 21.4. The molecular weight excluding hydrogens is 414 g/mol. The number of hydrogen-bond donors (Lipinski definition) is 2. The lowest BCUT2D eigenvalue weighted by Crippen LogP contribution is -2.36. The third-order valence-electron chi connectivity index (χ3n) is 5.96. The van der Waals surface area contributed by atoms with Crippen LogP contribution in [0.3, 0.4) is 0 Å². The molecule has 31 heavy (non-hydrogen) atoms. The summed E-state index contributed by atoms with van der Waals surface area (Å²) in [5.41, 5.74) is 1.77. The Labute approximate surface area is 184 Å². The number of rotatable bonds is 4. The van der Waals surface area contributed by atoms with Crippen molar-refractivity contribution < 1.29 is 14.3 Å². The summed E-state index contributed by atoms with van der Waals surface area (Å²) in [7, 11) is 0. The summed E-state index contributed by atoms with van der Waals surface area (Å²) in [4.78, 5) is 28.9. The molecule has 0 spiro atoms. The van der Waals surface area contributed by atoms with E-state index in [1.165, 1.54) is 11.0 Å². The van der Waals surface area contributed by atoms with Gasteiger partial charge in [-0.2, -0.15) is 0 Å². The quantitative estimate of drug-likeness (QED) is 0.605. The average molecular weight is 438 g/mol. The lowest BCUT2D eigenvalue weighted by molar-refractivity contribution is 0.0928. The molecule has 1 amide bonds. The second-order valence-corrected chi connectivity index (χ2v) is 8.46. The molecule has 7 nitrogen and oxygen atoms in total. The molecule has 2 N–H and O–H groups in total. The molecule has 3 aromatic rings. The van der Waals surface area contributed by atoms with Crippen molar-refractivity contribution in [1.82, 2.24) is 14.9 Å². The summed E-state index contributed by atoms with van der Waals surface area (Å²) in [6, 6.07) is 10.9. The largest absolute Gasteiger partial charge is 0.454 e. The second-order valence-electron chi connectivity index (χ2n) is 8.08. The first kappa shape index (κ1) is 19.8. The molecule has 0 saturated heterocycles. The van der Waals surface area contributed by atoms with Crippen molar-refractivity contribution in [3.8, 4) is 11.5 Å². The molecule has 0 unspecified atom stereocenters. The summed E-state index contributed by atoms with van der Waals surface area (Å²) in [6.45, 7) is 0.510. The maximum absolute atomic E-state index is 13.1. The van der Waals surface area contributed by atoms with Gasteiger partial charge in [0.1, 0.15) is 0 Å². The number of nitrogens with zero attached hydrogens (tertiary/aromatic N) is 1. The Balaban J connectivity index is 1.42. The van der Waals surface area contributed by atoms with Gasteiger partial charge in [0.25, 0.3) is 11.5 Å². The Morgan fingerprint density at radius 2 is 1.90 bits per heavy atom. The minimum Gasteiger partial charge on any atom is -0.454 e. The van der Waals surface area contributed by atoms with Crippen LogP contribution in [-0.4, -0.2) is 28.3 Å². The van der Waals surface area contributed by atoms with E-state index in [-0.39, 0.29) is 24.3 Å². The van der Waals surface area contributed by atoms with Crippen LogP contribution in [0.1, 0.15) is 48.0 Å². The van der Waals surface area contributed by atoms with Gasteiger partial charge in [0, 0.05) is 11.6 Å². The van der Waals surface area contributed by atoms with E-state index in [0.717, 1.165) is 31.2 Å². The first-order chi connectivity index (χ1) is 15.1. The van der Waals surface area contributed by atoms with Gasteiger partial charge in [0.15, 0.2) is 16.3 Å². The van der Waals surface area contributed by atoms with E-state index < -0.39 is 0 Å². The van der Waals surface area contributed by atoms with Crippen LogP contribution < -0.4 is 20.3 Å². The van der Waals surface area contributed by atoms with Crippen LogP contribution in [0.25, 0.3) is 10.9 Å². The highest BCUT2D eigenvalue weighted by molar-refractivity contribution is 7.71. The van der Waals surface area contributed by atoms with E-state index in [2.05, 4.69) is 10.3 Å². The molecular formula is C23H23N3O4S. The first-order valence-corrected chi connectivity index (χ1v) is 11.0. The number of carbonyl (C=O) groups is 1. The number of nitrogens with one attached hydrogen (secondary N) is 2. The molecule has 1 saturated carbocycles. The number of benzene rings is 2.